The van der Waals surface area contributed by atoms with Crippen molar-refractivity contribution in [2.75, 3.05) is 26.3 Å². The summed E-state index contributed by atoms with van der Waals surface area (Å²) >= 11 is 0. The van der Waals surface area contributed by atoms with E-state index in [2.05, 4.69) is 58.9 Å². The Labute approximate surface area is 168 Å². The van der Waals surface area contributed by atoms with Crippen LogP contribution in [-0.4, -0.2) is 51.7 Å². The lowest BCUT2D eigenvalue weighted by molar-refractivity contribution is -0.131. The summed E-state index contributed by atoms with van der Waals surface area (Å²) in [6, 6.07) is 10.7. The molecule has 0 bridgehead atoms. The summed E-state index contributed by atoms with van der Waals surface area (Å²) < 4.78 is 7.56. The summed E-state index contributed by atoms with van der Waals surface area (Å²) in [6.45, 7) is 10.7. The first-order valence-electron chi connectivity index (χ1n) is 10.6. The molecule has 1 N–H and O–H groups in total. The highest BCUT2D eigenvalue weighted by Gasteiger charge is 2.45. The van der Waals surface area contributed by atoms with Crippen LogP contribution in [0.25, 0.3) is 5.69 Å². The van der Waals surface area contributed by atoms with Gasteiger partial charge >= 0.3 is 0 Å². The highest BCUT2D eigenvalue weighted by Crippen LogP contribution is 2.39. The second kappa shape index (κ2) is 7.97. The predicted molar refractivity (Wildman–Crippen MR) is 111 cm³/mol. The monoisotopic (exact) mass is 383 g/mol. The average Bonchev–Trinajstić information content (AvgIpc) is 3.04. The van der Waals surface area contributed by atoms with Crippen molar-refractivity contribution in [2.45, 2.75) is 52.2 Å². The maximum atomic E-state index is 11.4. The van der Waals surface area contributed by atoms with Crippen LogP contribution in [0.3, 0.4) is 0 Å². The topological polar surface area (TPSA) is 50.5 Å². The Kier molecular flexibility index (Phi) is 5.59. The maximum Gasteiger partial charge on any atom is 0.0727 e. The van der Waals surface area contributed by atoms with Gasteiger partial charge < -0.3 is 9.84 Å². The number of rotatable bonds is 4. The van der Waals surface area contributed by atoms with Crippen LogP contribution in [0.1, 0.15) is 43.1 Å². The summed E-state index contributed by atoms with van der Waals surface area (Å²) in [4.78, 5) is 2.49. The zero-order valence-corrected chi connectivity index (χ0v) is 17.4. The number of para-hydroxylation sites is 1. The second-order valence-electron chi connectivity index (χ2n) is 8.73. The molecule has 152 valence electrons. The minimum Gasteiger partial charge on any atom is -0.389 e. The highest BCUT2D eigenvalue weighted by atomic mass is 16.5. The Morgan fingerprint density at radius 1 is 1.21 bits per heavy atom. The summed E-state index contributed by atoms with van der Waals surface area (Å²) in [7, 11) is 0. The SMILES string of the molecule is Cc1cc(C)n(-c2ccccc2CN2CC[C@@](O)(C3CCOCC3)[C@H](C)C2)n1. The van der Waals surface area contributed by atoms with E-state index in [1.807, 2.05) is 6.92 Å². The minimum atomic E-state index is -0.546. The molecule has 0 spiro atoms. The van der Waals surface area contributed by atoms with Crippen LogP contribution < -0.4 is 0 Å². The number of aromatic nitrogens is 2. The van der Waals surface area contributed by atoms with Gasteiger partial charge in [-0.25, -0.2) is 4.68 Å². The van der Waals surface area contributed by atoms with Crippen LogP contribution in [0.4, 0.5) is 0 Å². The fourth-order valence-electron chi connectivity index (χ4n) is 5.13. The quantitative estimate of drug-likeness (QED) is 0.878. The third-order valence-electron chi connectivity index (χ3n) is 6.77. The number of hydrogen-bond acceptors (Lipinski definition) is 4. The molecule has 1 aromatic carbocycles. The normalized spacial score (nSPS) is 27.2. The molecule has 2 saturated heterocycles. The van der Waals surface area contributed by atoms with Gasteiger partial charge in [-0.15, -0.1) is 0 Å². The van der Waals surface area contributed by atoms with E-state index in [0.717, 1.165) is 69.2 Å². The summed E-state index contributed by atoms with van der Waals surface area (Å²) in [5.74, 6) is 0.644. The largest absolute Gasteiger partial charge is 0.389 e. The number of hydrogen-bond donors (Lipinski definition) is 1. The zero-order chi connectivity index (χ0) is 19.7. The van der Waals surface area contributed by atoms with Crippen LogP contribution in [0.2, 0.25) is 0 Å². The first-order chi connectivity index (χ1) is 13.5. The molecular weight excluding hydrogens is 350 g/mol. The molecule has 0 radical (unpaired) electrons. The van der Waals surface area contributed by atoms with Gasteiger partial charge in [-0.3, -0.25) is 4.90 Å². The molecule has 2 aromatic rings. The first-order valence-corrected chi connectivity index (χ1v) is 10.6. The highest BCUT2D eigenvalue weighted by molar-refractivity contribution is 5.42. The van der Waals surface area contributed by atoms with E-state index < -0.39 is 5.60 Å². The van der Waals surface area contributed by atoms with Crippen molar-refractivity contribution in [3.8, 4) is 5.69 Å². The lowest BCUT2D eigenvalue weighted by atomic mass is 9.70. The third kappa shape index (κ3) is 3.76. The molecule has 28 heavy (non-hydrogen) atoms. The molecule has 2 aliphatic rings. The van der Waals surface area contributed by atoms with Gasteiger partial charge in [0.2, 0.25) is 0 Å². The van der Waals surface area contributed by atoms with Gasteiger partial charge in [0.05, 0.1) is 17.0 Å². The van der Waals surface area contributed by atoms with Crippen molar-refractivity contribution >= 4 is 0 Å². The standard InChI is InChI=1S/C23H33N3O2/c1-17-15-25(11-10-23(17,27)21-8-12-28-13-9-21)16-20-6-4-5-7-22(20)26-19(3)14-18(2)24-26/h4-7,14,17,21,27H,8-13,15-16H2,1-3H3/t17-,23+/m1/s1. The Morgan fingerprint density at radius 2 is 1.96 bits per heavy atom. The summed E-state index contributed by atoms with van der Waals surface area (Å²) in [5.41, 5.74) is 4.10. The molecular formula is C23H33N3O2. The van der Waals surface area contributed by atoms with Gasteiger partial charge in [0.25, 0.3) is 0 Å². The molecule has 4 rings (SSSR count). The molecule has 2 fully saturated rings. The molecule has 3 heterocycles. The Hall–Kier alpha value is -1.69. The molecule has 1 aromatic heterocycles. The van der Waals surface area contributed by atoms with Crippen LogP contribution in [-0.2, 0) is 11.3 Å². The molecule has 0 saturated carbocycles. The van der Waals surface area contributed by atoms with Gasteiger partial charge in [-0.1, -0.05) is 25.1 Å². The smallest absolute Gasteiger partial charge is 0.0727 e. The van der Waals surface area contributed by atoms with E-state index in [-0.39, 0.29) is 5.92 Å². The average molecular weight is 384 g/mol. The Bertz CT molecular complexity index is 812. The fourth-order valence-corrected chi connectivity index (χ4v) is 5.13. The van der Waals surface area contributed by atoms with Crippen LogP contribution in [0, 0.1) is 25.7 Å². The van der Waals surface area contributed by atoms with Crippen LogP contribution in [0.15, 0.2) is 30.3 Å². The molecule has 0 aliphatic carbocycles. The van der Waals surface area contributed by atoms with E-state index in [9.17, 15) is 5.11 Å². The Balaban J connectivity index is 1.49. The molecule has 2 atom stereocenters. The minimum absolute atomic E-state index is 0.269. The van der Waals surface area contributed by atoms with Gasteiger partial charge in [-0.2, -0.15) is 5.10 Å². The van der Waals surface area contributed by atoms with Crippen LogP contribution >= 0.6 is 0 Å². The van der Waals surface area contributed by atoms with Crippen molar-refractivity contribution in [3.63, 3.8) is 0 Å². The zero-order valence-electron chi connectivity index (χ0n) is 17.4. The molecule has 5 heteroatoms. The van der Waals surface area contributed by atoms with Crippen molar-refractivity contribution < 1.29 is 9.84 Å². The predicted octanol–water partition coefficient (Wildman–Crippen LogP) is 3.49. The lowest BCUT2D eigenvalue weighted by Crippen LogP contribution is -2.55. The van der Waals surface area contributed by atoms with Crippen molar-refractivity contribution in [1.82, 2.24) is 14.7 Å². The number of ether oxygens (including phenoxy) is 1. The lowest BCUT2D eigenvalue weighted by Gasteiger charge is -2.48. The molecule has 2 aliphatic heterocycles. The summed E-state index contributed by atoms with van der Waals surface area (Å²) in [5, 5.41) is 16.1. The van der Waals surface area contributed by atoms with Gasteiger partial charge in [-0.05, 0) is 62.6 Å². The van der Waals surface area contributed by atoms with Gasteiger partial charge in [0.15, 0.2) is 0 Å². The number of benzene rings is 1. The van der Waals surface area contributed by atoms with E-state index in [1.54, 1.807) is 0 Å². The second-order valence-corrected chi connectivity index (χ2v) is 8.73. The summed E-state index contributed by atoms with van der Waals surface area (Å²) in [6.07, 6.45) is 2.82. The van der Waals surface area contributed by atoms with E-state index in [0.29, 0.717) is 5.92 Å². The van der Waals surface area contributed by atoms with Crippen LogP contribution in [0.5, 0.6) is 0 Å². The fraction of sp³-hybridized carbons (Fsp3) is 0.609. The number of piperidine rings is 1. The van der Waals surface area contributed by atoms with E-state index in [4.69, 9.17) is 4.74 Å². The number of aryl methyl sites for hydroxylation is 2. The molecule has 0 amide bonds. The van der Waals surface area contributed by atoms with Gasteiger partial charge in [0, 0.05) is 38.5 Å². The number of likely N-dealkylation sites (tertiary alicyclic amines) is 1. The number of aliphatic hydroxyl groups is 1. The van der Waals surface area contributed by atoms with E-state index >= 15 is 0 Å². The number of nitrogens with zero attached hydrogens (tertiary/aromatic N) is 3. The maximum absolute atomic E-state index is 11.4. The van der Waals surface area contributed by atoms with Gasteiger partial charge in [0.1, 0.15) is 0 Å². The van der Waals surface area contributed by atoms with Crippen molar-refractivity contribution in [1.29, 1.82) is 0 Å². The molecule has 5 nitrogen and oxygen atoms in total. The van der Waals surface area contributed by atoms with Crippen molar-refractivity contribution in [3.05, 3.63) is 47.3 Å². The van der Waals surface area contributed by atoms with E-state index in [1.165, 1.54) is 5.56 Å². The first kappa shape index (κ1) is 19.6. The third-order valence-corrected chi connectivity index (χ3v) is 6.77. The van der Waals surface area contributed by atoms with Crippen molar-refractivity contribution in [2.24, 2.45) is 11.8 Å². The Morgan fingerprint density at radius 3 is 2.64 bits per heavy atom. The molecule has 0 unspecified atom stereocenters.